The molecule has 0 spiro atoms. The molecule has 0 atom stereocenters. The van der Waals surface area contributed by atoms with E-state index >= 15 is 0 Å². The number of nitrogens with zero attached hydrogens (tertiary/aromatic N) is 3. The zero-order chi connectivity index (χ0) is 18.1. The first-order chi connectivity index (χ1) is 12.6. The fraction of sp³-hybridized carbons (Fsp3) is 0.0500. The number of nitro groups is 1. The number of non-ortho nitro benzene ring substituents is 1. The molecule has 0 amide bonds. The van der Waals surface area contributed by atoms with E-state index in [4.69, 9.17) is 0 Å². The minimum absolute atomic E-state index is 0.0538. The van der Waals surface area contributed by atoms with Gasteiger partial charge in [-0.1, -0.05) is 60.7 Å². The quantitative estimate of drug-likeness (QED) is 0.335. The third-order valence-electron chi connectivity index (χ3n) is 4.27. The molecule has 0 aliphatic heterocycles. The minimum Gasteiger partial charge on any atom is -0.314 e. The average Bonchev–Trinajstić information content (AvgIpc) is 2.98. The summed E-state index contributed by atoms with van der Waals surface area (Å²) in [5.41, 5.74) is 4.28. The molecular formula is C20H14BrN3O2. The average molecular weight is 408 g/mol. The minimum atomic E-state index is -0.361. The van der Waals surface area contributed by atoms with E-state index in [0.29, 0.717) is 11.3 Å². The summed E-state index contributed by atoms with van der Waals surface area (Å²) in [6.45, 7) is 0.577. The summed E-state index contributed by atoms with van der Waals surface area (Å²) >= 11 is 3.52. The number of aromatic nitrogens is 2. The molecule has 0 aliphatic carbocycles. The standard InChI is InChI=1S/C20H14BrN3O2/c21-20-22-19-17(15-9-5-2-6-10-15)11-16(24(25)26)12-18(19)23(20)13-14-7-3-1-4-8-14/h1-12H,13H2. The fourth-order valence-electron chi connectivity index (χ4n) is 3.04. The highest BCUT2D eigenvalue weighted by atomic mass is 79.9. The number of nitro benzene ring substituents is 1. The van der Waals surface area contributed by atoms with Crippen LogP contribution in [0.4, 0.5) is 5.69 Å². The van der Waals surface area contributed by atoms with Gasteiger partial charge >= 0.3 is 0 Å². The van der Waals surface area contributed by atoms with Crippen molar-refractivity contribution in [3.63, 3.8) is 0 Å². The van der Waals surface area contributed by atoms with Crippen LogP contribution in [-0.2, 0) is 6.54 Å². The van der Waals surface area contributed by atoms with Crippen molar-refractivity contribution in [1.29, 1.82) is 0 Å². The molecule has 4 aromatic rings. The van der Waals surface area contributed by atoms with E-state index in [1.807, 2.05) is 65.2 Å². The van der Waals surface area contributed by atoms with Crippen molar-refractivity contribution in [3.05, 3.63) is 93.2 Å². The number of imidazole rings is 1. The Morgan fingerprint density at radius 1 is 1.00 bits per heavy atom. The number of hydrogen-bond acceptors (Lipinski definition) is 3. The van der Waals surface area contributed by atoms with Crippen molar-refractivity contribution in [2.75, 3.05) is 0 Å². The van der Waals surface area contributed by atoms with Crippen LogP contribution in [0.5, 0.6) is 0 Å². The van der Waals surface area contributed by atoms with Gasteiger partial charge in [-0.05, 0) is 27.1 Å². The fourth-order valence-corrected chi connectivity index (χ4v) is 3.53. The van der Waals surface area contributed by atoms with Gasteiger partial charge in [-0.15, -0.1) is 0 Å². The molecule has 3 aromatic carbocycles. The number of fused-ring (bicyclic) bond motifs is 1. The number of rotatable bonds is 4. The van der Waals surface area contributed by atoms with Gasteiger partial charge in [0.2, 0.25) is 0 Å². The maximum absolute atomic E-state index is 11.5. The molecule has 0 N–H and O–H groups in total. The van der Waals surface area contributed by atoms with Gasteiger partial charge in [-0.25, -0.2) is 4.98 Å². The first kappa shape index (κ1) is 16.5. The van der Waals surface area contributed by atoms with E-state index in [-0.39, 0.29) is 10.6 Å². The molecule has 128 valence electrons. The number of benzene rings is 3. The molecule has 0 saturated carbocycles. The van der Waals surface area contributed by atoms with Gasteiger partial charge in [0, 0.05) is 17.7 Å². The third kappa shape index (κ3) is 2.99. The van der Waals surface area contributed by atoms with Crippen molar-refractivity contribution < 1.29 is 4.92 Å². The molecule has 0 unspecified atom stereocenters. The first-order valence-corrected chi connectivity index (χ1v) is 8.86. The van der Waals surface area contributed by atoms with Crippen LogP contribution in [0.25, 0.3) is 22.2 Å². The maximum Gasteiger partial charge on any atom is 0.272 e. The lowest BCUT2D eigenvalue weighted by Crippen LogP contribution is -2.00. The Morgan fingerprint density at radius 2 is 1.65 bits per heavy atom. The molecule has 0 bridgehead atoms. The molecule has 1 aromatic heterocycles. The highest BCUT2D eigenvalue weighted by Gasteiger charge is 2.19. The van der Waals surface area contributed by atoms with Crippen LogP contribution in [-0.4, -0.2) is 14.5 Å². The lowest BCUT2D eigenvalue weighted by atomic mass is 10.0. The topological polar surface area (TPSA) is 61.0 Å². The van der Waals surface area contributed by atoms with Crippen LogP contribution in [0.15, 0.2) is 77.5 Å². The summed E-state index contributed by atoms with van der Waals surface area (Å²) in [7, 11) is 0. The van der Waals surface area contributed by atoms with Gasteiger partial charge in [-0.2, -0.15) is 0 Å². The summed E-state index contributed by atoms with van der Waals surface area (Å²) in [6.07, 6.45) is 0. The molecule has 5 nitrogen and oxygen atoms in total. The summed E-state index contributed by atoms with van der Waals surface area (Å²) < 4.78 is 2.60. The van der Waals surface area contributed by atoms with E-state index in [2.05, 4.69) is 20.9 Å². The predicted molar refractivity (Wildman–Crippen MR) is 105 cm³/mol. The second-order valence-electron chi connectivity index (χ2n) is 5.94. The Labute approximate surface area is 158 Å². The van der Waals surface area contributed by atoms with Crippen molar-refractivity contribution in [1.82, 2.24) is 9.55 Å². The van der Waals surface area contributed by atoms with Crippen molar-refractivity contribution in [3.8, 4) is 11.1 Å². The highest BCUT2D eigenvalue weighted by Crippen LogP contribution is 2.34. The zero-order valence-corrected chi connectivity index (χ0v) is 15.3. The van der Waals surface area contributed by atoms with Crippen LogP contribution in [0, 0.1) is 10.1 Å². The Hall–Kier alpha value is -2.99. The van der Waals surface area contributed by atoms with Crippen LogP contribution < -0.4 is 0 Å². The molecule has 26 heavy (non-hydrogen) atoms. The smallest absolute Gasteiger partial charge is 0.272 e. The van der Waals surface area contributed by atoms with Crippen molar-refractivity contribution in [2.24, 2.45) is 0 Å². The highest BCUT2D eigenvalue weighted by molar-refractivity contribution is 9.10. The molecule has 1 heterocycles. The van der Waals surface area contributed by atoms with Gasteiger partial charge in [0.1, 0.15) is 0 Å². The van der Waals surface area contributed by atoms with E-state index in [1.165, 1.54) is 0 Å². The summed E-state index contributed by atoms with van der Waals surface area (Å²) in [4.78, 5) is 15.8. The van der Waals surface area contributed by atoms with E-state index in [9.17, 15) is 10.1 Å². The second-order valence-corrected chi connectivity index (χ2v) is 6.65. The van der Waals surface area contributed by atoms with E-state index in [1.54, 1.807) is 12.1 Å². The third-order valence-corrected chi connectivity index (χ3v) is 4.88. The molecule has 0 radical (unpaired) electrons. The molecule has 0 aliphatic rings. The van der Waals surface area contributed by atoms with Crippen LogP contribution in [0.2, 0.25) is 0 Å². The summed E-state index contributed by atoms with van der Waals surface area (Å²) in [5, 5.41) is 11.5. The van der Waals surface area contributed by atoms with Crippen molar-refractivity contribution >= 4 is 32.7 Å². The SMILES string of the molecule is O=[N+]([O-])c1cc(-c2ccccc2)c2nc(Br)n(Cc3ccccc3)c2c1. The van der Waals surface area contributed by atoms with Crippen LogP contribution in [0.3, 0.4) is 0 Å². The molecular weight excluding hydrogens is 394 g/mol. The monoisotopic (exact) mass is 407 g/mol. The molecule has 4 rings (SSSR count). The van der Waals surface area contributed by atoms with Gasteiger partial charge in [-0.3, -0.25) is 10.1 Å². The second kappa shape index (κ2) is 6.72. The van der Waals surface area contributed by atoms with Gasteiger partial charge in [0.15, 0.2) is 4.73 Å². The molecule has 6 heteroatoms. The number of halogens is 1. The van der Waals surface area contributed by atoms with Gasteiger partial charge < -0.3 is 4.57 Å². The van der Waals surface area contributed by atoms with Crippen molar-refractivity contribution in [2.45, 2.75) is 6.54 Å². The molecule has 0 fully saturated rings. The van der Waals surface area contributed by atoms with Gasteiger partial charge in [0.05, 0.1) is 22.5 Å². The first-order valence-electron chi connectivity index (χ1n) is 8.07. The van der Waals surface area contributed by atoms with Crippen LogP contribution >= 0.6 is 15.9 Å². The van der Waals surface area contributed by atoms with E-state index in [0.717, 1.165) is 27.7 Å². The number of hydrogen-bond donors (Lipinski definition) is 0. The normalized spacial score (nSPS) is 11.0. The maximum atomic E-state index is 11.5. The Balaban J connectivity index is 1.96. The summed E-state index contributed by atoms with van der Waals surface area (Å²) in [5.74, 6) is 0. The van der Waals surface area contributed by atoms with Crippen LogP contribution in [0.1, 0.15) is 5.56 Å². The summed E-state index contributed by atoms with van der Waals surface area (Å²) in [6, 6.07) is 22.7. The Morgan fingerprint density at radius 3 is 2.31 bits per heavy atom. The Kier molecular flexibility index (Phi) is 4.26. The predicted octanol–water partition coefficient (Wildman–Crippen LogP) is 5.42. The largest absolute Gasteiger partial charge is 0.314 e. The van der Waals surface area contributed by atoms with Gasteiger partial charge in [0.25, 0.3) is 5.69 Å². The zero-order valence-electron chi connectivity index (χ0n) is 13.7. The van der Waals surface area contributed by atoms with E-state index < -0.39 is 0 Å². The lowest BCUT2D eigenvalue weighted by Gasteiger charge is -2.08. The molecule has 0 saturated heterocycles. The Bertz CT molecular complexity index is 1090. The lowest BCUT2D eigenvalue weighted by molar-refractivity contribution is -0.384.